The zero-order chi connectivity index (χ0) is 15.6. The zero-order valence-corrected chi connectivity index (χ0v) is 13.6. The molecule has 0 fully saturated rings. The Bertz CT molecular complexity index is 591. The second-order valence-electron chi connectivity index (χ2n) is 5.44. The maximum absolute atomic E-state index is 12.6. The third kappa shape index (κ3) is 3.27. The van der Waals surface area contributed by atoms with E-state index in [1.54, 1.807) is 26.1 Å². The largest absolute Gasteiger partial charge is 0.294 e. The lowest BCUT2D eigenvalue weighted by molar-refractivity contribution is 0.0988. The van der Waals surface area contributed by atoms with Crippen molar-refractivity contribution in [3.05, 3.63) is 29.8 Å². The first-order chi connectivity index (χ1) is 9.16. The van der Waals surface area contributed by atoms with Crippen molar-refractivity contribution >= 4 is 15.8 Å². The summed E-state index contributed by atoms with van der Waals surface area (Å²) in [5.41, 5.74) is -0.0276. The summed E-state index contributed by atoms with van der Waals surface area (Å²) in [4.78, 5) is 11.9. The van der Waals surface area contributed by atoms with Gasteiger partial charge in [-0.2, -0.15) is 4.31 Å². The maximum Gasteiger partial charge on any atom is 0.243 e. The number of Topliss-reactive ketones (excluding diaryl/α,β-unsaturated/α-hetero) is 1. The molecule has 112 valence electrons. The number of rotatable bonds is 6. The highest BCUT2D eigenvalue weighted by Crippen LogP contribution is 2.25. The molecule has 0 heterocycles. The van der Waals surface area contributed by atoms with Crippen molar-refractivity contribution in [3.8, 4) is 0 Å². The molecule has 0 atom stereocenters. The predicted octanol–water partition coefficient (Wildman–Crippen LogP) is 3.09. The van der Waals surface area contributed by atoms with Gasteiger partial charge < -0.3 is 0 Å². The summed E-state index contributed by atoms with van der Waals surface area (Å²) in [6, 6.07) is 6.26. The third-order valence-corrected chi connectivity index (χ3v) is 5.92. The quantitative estimate of drug-likeness (QED) is 0.758. The van der Waals surface area contributed by atoms with Crippen LogP contribution in [0.4, 0.5) is 0 Å². The summed E-state index contributed by atoms with van der Waals surface area (Å²) < 4.78 is 26.6. The first-order valence-electron chi connectivity index (χ1n) is 6.79. The predicted molar refractivity (Wildman–Crippen MR) is 80.4 cm³/mol. The van der Waals surface area contributed by atoms with Crippen LogP contribution >= 0.6 is 0 Å². The second-order valence-corrected chi connectivity index (χ2v) is 7.41. The van der Waals surface area contributed by atoms with Crippen LogP contribution in [-0.4, -0.2) is 31.1 Å². The van der Waals surface area contributed by atoms with Gasteiger partial charge in [-0.1, -0.05) is 26.0 Å². The van der Waals surface area contributed by atoms with Gasteiger partial charge in [0.2, 0.25) is 10.0 Å². The highest BCUT2D eigenvalue weighted by Gasteiger charge is 2.32. The molecule has 4 nitrogen and oxygen atoms in total. The molecule has 1 aromatic rings. The van der Waals surface area contributed by atoms with Crippen LogP contribution in [0, 0.1) is 0 Å². The van der Waals surface area contributed by atoms with Gasteiger partial charge in [-0.3, -0.25) is 4.79 Å². The van der Waals surface area contributed by atoms with Crippen LogP contribution < -0.4 is 0 Å². The Labute approximate surface area is 121 Å². The van der Waals surface area contributed by atoms with Crippen molar-refractivity contribution in [1.82, 2.24) is 4.31 Å². The van der Waals surface area contributed by atoms with E-state index in [1.807, 2.05) is 20.8 Å². The average Bonchev–Trinajstić information content (AvgIpc) is 2.45. The molecule has 0 spiro atoms. The van der Waals surface area contributed by atoms with Crippen molar-refractivity contribution in [2.24, 2.45) is 0 Å². The van der Waals surface area contributed by atoms with Crippen LogP contribution in [0.15, 0.2) is 29.2 Å². The average molecular weight is 297 g/mol. The monoisotopic (exact) mass is 297 g/mol. The Kier molecular flexibility index (Phi) is 5.10. The Morgan fingerprint density at radius 1 is 1.25 bits per heavy atom. The van der Waals surface area contributed by atoms with Crippen LogP contribution in [0.3, 0.4) is 0 Å². The molecule has 0 unspecified atom stereocenters. The van der Waals surface area contributed by atoms with Gasteiger partial charge in [-0.15, -0.1) is 0 Å². The summed E-state index contributed by atoms with van der Waals surface area (Å²) in [6.07, 6.45) is 1.07. The summed E-state index contributed by atoms with van der Waals surface area (Å²) >= 11 is 0. The first kappa shape index (κ1) is 16.9. The van der Waals surface area contributed by atoms with Gasteiger partial charge in [0.15, 0.2) is 5.78 Å². The molecule has 0 aromatic heterocycles. The smallest absolute Gasteiger partial charge is 0.243 e. The van der Waals surface area contributed by atoms with Crippen LogP contribution in [0.5, 0.6) is 0 Å². The fourth-order valence-corrected chi connectivity index (χ4v) is 3.36. The summed E-state index contributed by atoms with van der Waals surface area (Å²) in [7, 11) is -2.02. The van der Waals surface area contributed by atoms with Crippen molar-refractivity contribution in [3.63, 3.8) is 0 Å². The van der Waals surface area contributed by atoms with Crippen molar-refractivity contribution in [1.29, 1.82) is 0 Å². The highest BCUT2D eigenvalue weighted by molar-refractivity contribution is 7.89. The molecule has 0 saturated carbocycles. The second kappa shape index (κ2) is 6.06. The molecular formula is C15H23NO3S. The number of hydrogen-bond acceptors (Lipinski definition) is 3. The minimum absolute atomic E-state index is 0.0561. The lowest BCUT2D eigenvalue weighted by Crippen LogP contribution is -2.44. The van der Waals surface area contributed by atoms with Crippen LogP contribution in [0.2, 0.25) is 0 Å². The van der Waals surface area contributed by atoms with Crippen molar-refractivity contribution in [2.75, 3.05) is 7.05 Å². The van der Waals surface area contributed by atoms with Crippen LogP contribution in [0.25, 0.3) is 0 Å². The number of benzene rings is 1. The minimum Gasteiger partial charge on any atom is -0.294 e. The van der Waals surface area contributed by atoms with Gasteiger partial charge in [-0.25, -0.2) is 8.42 Å². The van der Waals surface area contributed by atoms with E-state index in [1.165, 1.54) is 16.4 Å². The van der Waals surface area contributed by atoms with E-state index >= 15 is 0 Å². The highest BCUT2D eigenvalue weighted by atomic mass is 32.2. The summed E-state index contributed by atoms with van der Waals surface area (Å²) in [5.74, 6) is -0.0561. The van der Waals surface area contributed by atoms with Gasteiger partial charge in [-0.05, 0) is 32.4 Å². The molecule has 5 heteroatoms. The van der Waals surface area contributed by atoms with Gasteiger partial charge in [0.05, 0.1) is 4.90 Å². The topological polar surface area (TPSA) is 54.5 Å². The minimum atomic E-state index is -3.59. The lowest BCUT2D eigenvalue weighted by Gasteiger charge is -2.33. The van der Waals surface area contributed by atoms with Gasteiger partial charge in [0.25, 0.3) is 0 Å². The molecule has 0 N–H and O–H groups in total. The number of nitrogens with zero attached hydrogens (tertiary/aromatic N) is 1. The molecular weight excluding hydrogens is 274 g/mol. The van der Waals surface area contributed by atoms with E-state index in [9.17, 15) is 13.2 Å². The van der Waals surface area contributed by atoms with Gasteiger partial charge in [0, 0.05) is 24.6 Å². The fraction of sp³-hybridized carbons (Fsp3) is 0.533. The molecule has 0 aliphatic carbocycles. The SMILES string of the molecule is CCC(=O)c1cccc(S(=O)(=O)N(C)C(C)(C)CC)c1. The first-order valence-corrected chi connectivity index (χ1v) is 8.23. The zero-order valence-electron chi connectivity index (χ0n) is 12.8. The third-order valence-electron chi connectivity index (χ3n) is 3.85. The Morgan fingerprint density at radius 3 is 2.35 bits per heavy atom. The number of ketones is 1. The standard InChI is InChI=1S/C15H23NO3S/c1-6-14(17)12-9-8-10-13(11-12)20(18,19)16(5)15(3,4)7-2/h8-11H,6-7H2,1-5H3. The van der Waals surface area contributed by atoms with E-state index in [2.05, 4.69) is 0 Å². The van der Waals surface area contributed by atoms with Crippen LogP contribution in [-0.2, 0) is 10.0 Å². The van der Waals surface area contributed by atoms with E-state index in [0.29, 0.717) is 18.4 Å². The van der Waals surface area contributed by atoms with E-state index in [4.69, 9.17) is 0 Å². The Morgan fingerprint density at radius 2 is 1.85 bits per heavy atom. The van der Waals surface area contributed by atoms with Crippen molar-refractivity contribution in [2.45, 2.75) is 51.0 Å². The number of carbonyl (C=O) groups excluding carboxylic acids is 1. The lowest BCUT2D eigenvalue weighted by atomic mass is 10.0. The molecule has 1 rings (SSSR count). The maximum atomic E-state index is 12.6. The molecule has 0 aliphatic rings. The molecule has 0 bridgehead atoms. The molecule has 0 amide bonds. The molecule has 20 heavy (non-hydrogen) atoms. The van der Waals surface area contributed by atoms with E-state index in [-0.39, 0.29) is 10.7 Å². The van der Waals surface area contributed by atoms with Crippen LogP contribution in [0.1, 0.15) is 50.9 Å². The molecule has 1 aromatic carbocycles. The molecule has 0 aliphatic heterocycles. The number of sulfonamides is 1. The molecule has 0 radical (unpaired) electrons. The normalized spacial score (nSPS) is 12.7. The van der Waals surface area contributed by atoms with E-state index < -0.39 is 15.6 Å². The molecule has 0 saturated heterocycles. The summed E-state index contributed by atoms with van der Waals surface area (Å²) in [5, 5.41) is 0. The number of hydrogen-bond donors (Lipinski definition) is 0. The van der Waals surface area contributed by atoms with Gasteiger partial charge in [0.1, 0.15) is 0 Å². The number of carbonyl (C=O) groups is 1. The Hall–Kier alpha value is -1.20. The van der Waals surface area contributed by atoms with E-state index in [0.717, 1.165) is 0 Å². The van der Waals surface area contributed by atoms with Crippen molar-refractivity contribution < 1.29 is 13.2 Å². The summed E-state index contributed by atoms with van der Waals surface area (Å²) in [6.45, 7) is 7.47. The van der Waals surface area contributed by atoms with Gasteiger partial charge >= 0.3 is 0 Å². The fourth-order valence-electron chi connectivity index (χ4n) is 1.74. The Balaban J connectivity index is 3.26.